The van der Waals surface area contributed by atoms with Crippen molar-refractivity contribution < 1.29 is 38.5 Å². The Morgan fingerprint density at radius 1 is 0.750 bits per heavy atom. The number of hydrogen-bond donors (Lipinski definition) is 1. The fourth-order valence-corrected chi connectivity index (χ4v) is 10.3. The first kappa shape index (κ1) is 37.7. The summed E-state index contributed by atoms with van der Waals surface area (Å²) in [5.74, 6) is -3.29. The molecule has 0 aromatic heterocycles. The average molecular weight is 883 g/mol. The van der Waals surface area contributed by atoms with E-state index in [1.54, 1.807) is 56.7 Å². The summed E-state index contributed by atoms with van der Waals surface area (Å²) in [4.78, 5) is 60.7. The Morgan fingerprint density at radius 2 is 1.45 bits per heavy atom. The molecule has 0 radical (unpaired) electrons. The van der Waals surface area contributed by atoms with Crippen LogP contribution >= 0.6 is 31.9 Å². The fraction of sp³-hybridized carbons (Fsp3) is 0.273. The van der Waals surface area contributed by atoms with Crippen LogP contribution in [0.15, 0.2) is 99.5 Å². The van der Waals surface area contributed by atoms with Gasteiger partial charge >= 0.3 is 0 Å². The fourth-order valence-electron chi connectivity index (χ4n) is 9.30. The van der Waals surface area contributed by atoms with Gasteiger partial charge in [-0.2, -0.15) is 0 Å². The molecule has 286 valence electrons. The van der Waals surface area contributed by atoms with Gasteiger partial charge < -0.3 is 19.3 Å². The molecule has 1 saturated carbocycles. The maximum Gasteiger partial charge on any atom is 0.241 e. The molecule has 3 fully saturated rings. The van der Waals surface area contributed by atoms with Gasteiger partial charge in [0.1, 0.15) is 11.5 Å². The molecule has 2 aliphatic carbocycles. The van der Waals surface area contributed by atoms with Crippen molar-refractivity contribution in [1.29, 1.82) is 0 Å². The molecule has 0 spiro atoms. The molecule has 6 unspecified atom stereocenters. The third-order valence-corrected chi connectivity index (χ3v) is 14.2. The van der Waals surface area contributed by atoms with Crippen LogP contribution in [0.1, 0.15) is 42.4 Å². The first-order valence-electron chi connectivity index (χ1n) is 18.2. The second-order valence-electron chi connectivity index (χ2n) is 14.7. The predicted octanol–water partition coefficient (Wildman–Crippen LogP) is 8.55. The van der Waals surface area contributed by atoms with Crippen LogP contribution in [-0.4, -0.2) is 50.1 Å². The number of halogens is 2. The number of carbonyl (C=O) groups is 4. The maximum absolute atomic E-state index is 14.8. The van der Waals surface area contributed by atoms with Crippen molar-refractivity contribution in [2.75, 3.05) is 31.1 Å². The zero-order chi connectivity index (χ0) is 39.6. The minimum Gasteiger partial charge on any atom is -0.503 e. The van der Waals surface area contributed by atoms with Crippen LogP contribution in [0, 0.1) is 29.1 Å². The minimum atomic E-state index is -1.27. The number of methoxy groups -OCH3 is 3. The predicted molar refractivity (Wildman–Crippen MR) is 219 cm³/mol. The van der Waals surface area contributed by atoms with E-state index in [1.807, 2.05) is 61.5 Å². The third kappa shape index (κ3) is 5.71. The lowest BCUT2D eigenvalue weighted by atomic mass is 9.51. The van der Waals surface area contributed by atoms with Gasteiger partial charge in [0.25, 0.3) is 0 Å². The van der Waals surface area contributed by atoms with Crippen LogP contribution in [0.25, 0.3) is 12.2 Å². The van der Waals surface area contributed by atoms with E-state index in [0.29, 0.717) is 37.4 Å². The number of phenols is 1. The molecule has 6 atom stereocenters. The first-order valence-corrected chi connectivity index (χ1v) is 19.8. The first-order chi connectivity index (χ1) is 26.9. The van der Waals surface area contributed by atoms with Crippen molar-refractivity contribution in [2.45, 2.75) is 25.7 Å². The SMILES string of the molecule is COc1ccc(OC)c(C=Cc2ccc(N3C(=O)C4CC=C5C(CC6C(=O)N(c7ccccc7)C(=O)C6(C)C5c5cc(OC)c(O)c(Br)c5Br)C4C3=O)cc2)c1. The Balaban J connectivity index is 1.17. The average Bonchev–Trinajstić information content (AvgIpc) is 3.59. The Labute approximate surface area is 341 Å². The highest BCUT2D eigenvalue weighted by atomic mass is 79.9. The normalized spacial score (nSPS) is 25.6. The molecule has 2 aliphatic heterocycles. The monoisotopic (exact) mass is 880 g/mol. The summed E-state index contributed by atoms with van der Waals surface area (Å²) in [5, 5.41) is 10.9. The maximum atomic E-state index is 14.8. The van der Waals surface area contributed by atoms with Crippen LogP contribution in [0.5, 0.6) is 23.0 Å². The van der Waals surface area contributed by atoms with Crippen LogP contribution in [-0.2, 0) is 19.2 Å². The van der Waals surface area contributed by atoms with Gasteiger partial charge in [-0.25, -0.2) is 4.90 Å². The molecular formula is C44H38Br2N2O8. The van der Waals surface area contributed by atoms with Crippen LogP contribution in [0.2, 0.25) is 0 Å². The van der Waals surface area contributed by atoms with Crippen molar-refractivity contribution in [1.82, 2.24) is 0 Å². The summed E-state index contributed by atoms with van der Waals surface area (Å²) in [5.41, 5.74) is 2.77. The molecule has 0 bridgehead atoms. The van der Waals surface area contributed by atoms with Gasteiger partial charge in [-0.05, 0) is 117 Å². The van der Waals surface area contributed by atoms with E-state index in [0.717, 1.165) is 16.7 Å². The Morgan fingerprint density at radius 3 is 2.12 bits per heavy atom. The smallest absolute Gasteiger partial charge is 0.241 e. The molecule has 10 nitrogen and oxygen atoms in total. The number of phenolic OH excluding ortho intramolecular Hbond substituents is 1. The van der Waals surface area contributed by atoms with E-state index in [-0.39, 0.29) is 48.0 Å². The van der Waals surface area contributed by atoms with Crippen molar-refractivity contribution >= 4 is 79.0 Å². The molecule has 4 aliphatic rings. The summed E-state index contributed by atoms with van der Waals surface area (Å²) in [6, 6.07) is 23.3. The Hall–Kier alpha value is -5.20. The van der Waals surface area contributed by atoms with Gasteiger partial charge in [-0.15, -0.1) is 0 Å². The molecule has 1 N–H and O–H groups in total. The van der Waals surface area contributed by atoms with Gasteiger partial charge in [-0.1, -0.05) is 54.1 Å². The van der Waals surface area contributed by atoms with Crippen molar-refractivity contribution in [3.63, 3.8) is 0 Å². The van der Waals surface area contributed by atoms with E-state index >= 15 is 0 Å². The number of imide groups is 2. The molecular weight excluding hydrogens is 844 g/mol. The Kier molecular flexibility index (Phi) is 9.69. The Bertz CT molecular complexity index is 2360. The molecule has 4 aromatic rings. The number of aromatic hydroxyl groups is 1. The van der Waals surface area contributed by atoms with Crippen LogP contribution in [0.3, 0.4) is 0 Å². The molecule has 8 rings (SSSR count). The van der Waals surface area contributed by atoms with E-state index in [4.69, 9.17) is 14.2 Å². The number of rotatable bonds is 8. The lowest BCUT2D eigenvalue weighted by Gasteiger charge is -2.49. The van der Waals surface area contributed by atoms with E-state index < -0.39 is 35.0 Å². The summed E-state index contributed by atoms with van der Waals surface area (Å²) in [7, 11) is 4.65. The van der Waals surface area contributed by atoms with E-state index in [1.165, 1.54) is 16.9 Å². The topological polar surface area (TPSA) is 123 Å². The molecule has 2 heterocycles. The van der Waals surface area contributed by atoms with Crippen molar-refractivity contribution in [3.05, 3.63) is 116 Å². The van der Waals surface area contributed by atoms with Crippen LogP contribution < -0.4 is 24.0 Å². The summed E-state index contributed by atoms with van der Waals surface area (Å²) in [6.45, 7) is 1.82. The van der Waals surface area contributed by atoms with Gasteiger partial charge in [0.15, 0.2) is 11.5 Å². The van der Waals surface area contributed by atoms with Crippen LogP contribution in [0.4, 0.5) is 11.4 Å². The number of anilines is 2. The number of carbonyl (C=O) groups excluding carboxylic acids is 4. The third-order valence-electron chi connectivity index (χ3n) is 12.0. The highest BCUT2D eigenvalue weighted by Gasteiger charge is 2.68. The van der Waals surface area contributed by atoms with Gasteiger partial charge in [0.2, 0.25) is 23.6 Å². The highest BCUT2D eigenvalue weighted by molar-refractivity contribution is 9.13. The number of nitrogens with zero attached hydrogens (tertiary/aromatic N) is 2. The van der Waals surface area contributed by atoms with Crippen molar-refractivity contribution in [3.8, 4) is 23.0 Å². The van der Waals surface area contributed by atoms with Gasteiger partial charge in [0.05, 0.1) is 60.3 Å². The second-order valence-corrected chi connectivity index (χ2v) is 16.3. The van der Waals surface area contributed by atoms with E-state index in [9.17, 15) is 24.3 Å². The number of allylic oxidation sites excluding steroid dienone is 2. The highest BCUT2D eigenvalue weighted by Crippen LogP contribution is 2.65. The number of fused-ring (bicyclic) bond motifs is 4. The number of benzene rings is 4. The lowest BCUT2D eigenvalue weighted by Crippen LogP contribution is -2.49. The molecule has 12 heteroatoms. The summed E-state index contributed by atoms with van der Waals surface area (Å²) in [6.07, 6.45) is 6.32. The number of amides is 4. The molecule has 4 aromatic carbocycles. The lowest BCUT2D eigenvalue weighted by molar-refractivity contribution is -0.131. The number of hydrogen-bond acceptors (Lipinski definition) is 8. The molecule has 2 saturated heterocycles. The molecule has 4 amide bonds. The van der Waals surface area contributed by atoms with E-state index in [2.05, 4.69) is 31.9 Å². The zero-order valence-corrected chi connectivity index (χ0v) is 34.2. The summed E-state index contributed by atoms with van der Waals surface area (Å²) >= 11 is 7.18. The van der Waals surface area contributed by atoms with Gasteiger partial charge in [-0.3, -0.25) is 24.1 Å². The zero-order valence-electron chi connectivity index (χ0n) is 31.0. The number of para-hydroxylation sites is 1. The quantitative estimate of drug-likeness (QED) is 0.106. The minimum absolute atomic E-state index is 0.122. The van der Waals surface area contributed by atoms with Gasteiger partial charge in [0, 0.05) is 16.0 Å². The molecule has 56 heavy (non-hydrogen) atoms. The van der Waals surface area contributed by atoms with Crippen molar-refractivity contribution in [2.24, 2.45) is 29.1 Å². The summed E-state index contributed by atoms with van der Waals surface area (Å²) < 4.78 is 17.3. The second kappa shape index (κ2) is 14.4. The largest absolute Gasteiger partial charge is 0.503 e. The number of ether oxygens (including phenoxy) is 3. The standard InChI is InChI=1S/C44H38Br2N2O8/c1-44-32(41(51)48(43(44)53)25-8-6-5-7-9-25)21-30-28(36(44)31-22-34(56-4)39(49)38(46)37(31)45)17-18-29-35(30)42(52)47(40(29)50)26-14-11-23(12-15-26)10-13-24-20-27(54-2)16-19-33(24)55-3/h5-17,19-20,22,29-30,32,35-36,49H,18,21H2,1-4H3.